The molecule has 0 heterocycles. The summed E-state index contributed by atoms with van der Waals surface area (Å²) in [4.78, 5) is 11.4. The maximum Gasteiger partial charge on any atom is 0.238 e. The Balaban J connectivity index is 1.93. The van der Waals surface area contributed by atoms with Crippen LogP contribution in [0.25, 0.3) is 0 Å². The Morgan fingerprint density at radius 1 is 1.05 bits per heavy atom. The Morgan fingerprint density at radius 2 is 1.71 bits per heavy atom. The maximum absolute atomic E-state index is 11.4. The first-order chi connectivity index (χ1) is 10.2. The van der Waals surface area contributed by atoms with Crippen LogP contribution in [0.1, 0.15) is 16.7 Å². The van der Waals surface area contributed by atoms with E-state index in [9.17, 15) is 4.79 Å². The highest BCUT2D eigenvalue weighted by molar-refractivity contribution is 7.97. The van der Waals surface area contributed by atoms with Gasteiger partial charge in [-0.1, -0.05) is 48.0 Å². The van der Waals surface area contributed by atoms with Crippen LogP contribution in [0, 0.1) is 0 Å². The lowest BCUT2D eigenvalue weighted by Gasteiger charge is -2.09. The number of rotatable bonds is 6. The molecule has 0 radical (unpaired) electrons. The molecule has 5 heteroatoms. The smallest absolute Gasteiger partial charge is 0.238 e. The highest BCUT2D eigenvalue weighted by atomic mass is 35.5. The van der Waals surface area contributed by atoms with Crippen molar-refractivity contribution < 1.29 is 4.79 Å². The van der Waals surface area contributed by atoms with E-state index in [-0.39, 0.29) is 5.91 Å². The van der Waals surface area contributed by atoms with Gasteiger partial charge in [0.05, 0.1) is 6.42 Å². The standard InChI is InChI=1S/C16H17ClN2OS/c17-15-7-5-12(6-8-15)10-21-11-14-4-2-1-3-13(14)9-16(20)19-18/h1-8H,9-11,18H2,(H,19,20). The first-order valence-corrected chi connectivity index (χ1v) is 8.10. The first-order valence-electron chi connectivity index (χ1n) is 6.57. The number of hydrazine groups is 1. The van der Waals surface area contributed by atoms with Crippen LogP contribution in [0.5, 0.6) is 0 Å². The van der Waals surface area contributed by atoms with Gasteiger partial charge in [0.15, 0.2) is 0 Å². The molecule has 3 N–H and O–H groups in total. The second-order valence-corrected chi connectivity index (χ2v) is 6.05. The largest absolute Gasteiger partial charge is 0.294 e. The average Bonchev–Trinajstić information content (AvgIpc) is 2.51. The van der Waals surface area contributed by atoms with Crippen molar-refractivity contribution in [3.8, 4) is 0 Å². The van der Waals surface area contributed by atoms with Gasteiger partial charge in [0.1, 0.15) is 0 Å². The van der Waals surface area contributed by atoms with Gasteiger partial charge < -0.3 is 0 Å². The normalized spacial score (nSPS) is 10.4. The SMILES string of the molecule is NNC(=O)Cc1ccccc1CSCc1ccc(Cl)cc1. The summed E-state index contributed by atoms with van der Waals surface area (Å²) in [5, 5.41) is 0.752. The quantitative estimate of drug-likeness (QED) is 0.488. The molecule has 0 bridgehead atoms. The van der Waals surface area contributed by atoms with E-state index in [4.69, 9.17) is 17.4 Å². The van der Waals surface area contributed by atoms with Gasteiger partial charge in [0.2, 0.25) is 5.91 Å². The Hall–Kier alpha value is -1.49. The van der Waals surface area contributed by atoms with E-state index in [0.717, 1.165) is 22.1 Å². The van der Waals surface area contributed by atoms with Gasteiger partial charge in [-0.2, -0.15) is 11.8 Å². The number of thioether (sulfide) groups is 1. The first kappa shape index (κ1) is 15.9. The molecule has 0 saturated heterocycles. The minimum Gasteiger partial charge on any atom is -0.294 e. The molecule has 0 spiro atoms. The summed E-state index contributed by atoms with van der Waals surface area (Å²) >= 11 is 7.68. The highest BCUT2D eigenvalue weighted by Crippen LogP contribution is 2.21. The Morgan fingerprint density at radius 3 is 2.38 bits per heavy atom. The lowest BCUT2D eigenvalue weighted by molar-refractivity contribution is -0.120. The number of benzene rings is 2. The van der Waals surface area contributed by atoms with Crippen LogP contribution in [0.15, 0.2) is 48.5 Å². The second-order valence-electron chi connectivity index (χ2n) is 4.63. The average molecular weight is 321 g/mol. The number of carbonyl (C=O) groups is 1. The molecular formula is C16H17ClN2OS. The lowest BCUT2D eigenvalue weighted by Crippen LogP contribution is -2.31. The summed E-state index contributed by atoms with van der Waals surface area (Å²) in [6.45, 7) is 0. The molecule has 2 aromatic rings. The lowest BCUT2D eigenvalue weighted by atomic mass is 10.1. The third-order valence-corrected chi connectivity index (χ3v) is 4.37. The summed E-state index contributed by atoms with van der Waals surface area (Å²) in [5.74, 6) is 6.74. The molecule has 0 fully saturated rings. The zero-order valence-electron chi connectivity index (χ0n) is 11.5. The van der Waals surface area contributed by atoms with Crippen LogP contribution in [0.4, 0.5) is 0 Å². The van der Waals surface area contributed by atoms with Crippen molar-refractivity contribution in [2.45, 2.75) is 17.9 Å². The molecule has 0 atom stereocenters. The number of nitrogens with two attached hydrogens (primary N) is 1. The van der Waals surface area contributed by atoms with Crippen LogP contribution >= 0.6 is 23.4 Å². The van der Waals surface area contributed by atoms with E-state index in [0.29, 0.717) is 6.42 Å². The Bertz CT molecular complexity index is 601. The minimum absolute atomic E-state index is 0.176. The van der Waals surface area contributed by atoms with Crippen LogP contribution in [-0.2, 0) is 22.7 Å². The predicted octanol–water partition coefficient (Wildman–Crippen LogP) is 3.31. The van der Waals surface area contributed by atoms with Gasteiger partial charge in [-0.15, -0.1) is 0 Å². The zero-order valence-corrected chi connectivity index (χ0v) is 13.1. The molecule has 0 aliphatic carbocycles. The third-order valence-electron chi connectivity index (χ3n) is 3.07. The third kappa shape index (κ3) is 5.08. The van der Waals surface area contributed by atoms with Crippen LogP contribution in [-0.4, -0.2) is 5.91 Å². The van der Waals surface area contributed by atoms with E-state index in [1.807, 2.05) is 60.3 Å². The van der Waals surface area contributed by atoms with Crippen molar-refractivity contribution in [2.75, 3.05) is 0 Å². The summed E-state index contributed by atoms with van der Waals surface area (Å²) in [5.41, 5.74) is 5.59. The van der Waals surface area contributed by atoms with Crippen molar-refractivity contribution >= 4 is 29.3 Å². The molecular weight excluding hydrogens is 304 g/mol. The molecule has 2 aromatic carbocycles. The number of amides is 1. The van der Waals surface area contributed by atoms with Crippen LogP contribution in [0.3, 0.4) is 0 Å². The van der Waals surface area contributed by atoms with E-state index < -0.39 is 0 Å². The van der Waals surface area contributed by atoms with E-state index in [1.165, 1.54) is 11.1 Å². The fourth-order valence-corrected chi connectivity index (χ4v) is 3.11. The van der Waals surface area contributed by atoms with Crippen molar-refractivity contribution in [2.24, 2.45) is 5.84 Å². The Labute approximate surface area is 133 Å². The molecule has 21 heavy (non-hydrogen) atoms. The van der Waals surface area contributed by atoms with Gasteiger partial charge >= 0.3 is 0 Å². The summed E-state index contributed by atoms with van der Waals surface area (Å²) in [7, 11) is 0. The number of nitrogens with one attached hydrogen (secondary N) is 1. The fraction of sp³-hybridized carbons (Fsp3) is 0.188. The van der Waals surface area contributed by atoms with E-state index >= 15 is 0 Å². The van der Waals surface area contributed by atoms with Crippen LogP contribution in [0.2, 0.25) is 5.02 Å². The molecule has 0 saturated carbocycles. The predicted molar refractivity (Wildman–Crippen MR) is 88.9 cm³/mol. The fourth-order valence-electron chi connectivity index (χ4n) is 1.95. The monoisotopic (exact) mass is 320 g/mol. The van der Waals surface area contributed by atoms with Gasteiger partial charge in [0.25, 0.3) is 0 Å². The van der Waals surface area contributed by atoms with Gasteiger partial charge in [-0.3, -0.25) is 10.2 Å². The molecule has 0 aromatic heterocycles. The molecule has 0 unspecified atom stereocenters. The second kappa shape index (κ2) is 8.08. The zero-order chi connectivity index (χ0) is 15.1. The maximum atomic E-state index is 11.4. The van der Waals surface area contributed by atoms with E-state index in [1.54, 1.807) is 0 Å². The molecule has 0 aliphatic heterocycles. The highest BCUT2D eigenvalue weighted by Gasteiger charge is 2.06. The molecule has 2 rings (SSSR count). The minimum atomic E-state index is -0.176. The summed E-state index contributed by atoms with van der Waals surface area (Å²) in [6, 6.07) is 15.8. The molecule has 3 nitrogen and oxygen atoms in total. The number of halogens is 1. The topological polar surface area (TPSA) is 55.1 Å². The van der Waals surface area contributed by atoms with Gasteiger partial charge in [0, 0.05) is 16.5 Å². The molecule has 0 aliphatic rings. The number of hydrogen-bond donors (Lipinski definition) is 2. The molecule has 1 amide bonds. The van der Waals surface area contributed by atoms with Gasteiger partial charge in [-0.25, -0.2) is 5.84 Å². The molecule has 110 valence electrons. The van der Waals surface area contributed by atoms with Gasteiger partial charge in [-0.05, 0) is 28.8 Å². The van der Waals surface area contributed by atoms with Crippen molar-refractivity contribution in [3.05, 3.63) is 70.2 Å². The number of carbonyl (C=O) groups excluding carboxylic acids is 1. The summed E-state index contributed by atoms with van der Waals surface area (Å²) < 4.78 is 0. The Kier molecular flexibility index (Phi) is 6.11. The van der Waals surface area contributed by atoms with Crippen molar-refractivity contribution in [1.29, 1.82) is 0 Å². The van der Waals surface area contributed by atoms with Crippen molar-refractivity contribution in [3.63, 3.8) is 0 Å². The van der Waals surface area contributed by atoms with Crippen molar-refractivity contribution in [1.82, 2.24) is 5.43 Å². The number of hydrogen-bond acceptors (Lipinski definition) is 3. The van der Waals surface area contributed by atoms with E-state index in [2.05, 4.69) is 5.43 Å². The summed E-state index contributed by atoms with van der Waals surface area (Å²) in [6.07, 6.45) is 0.314. The van der Waals surface area contributed by atoms with Crippen LogP contribution < -0.4 is 11.3 Å².